The first-order valence-corrected chi connectivity index (χ1v) is 6.00. The van der Waals surface area contributed by atoms with Gasteiger partial charge in [-0.05, 0) is 13.2 Å². The maximum atomic E-state index is 11.8. The molecule has 2 atom stereocenters. The van der Waals surface area contributed by atoms with E-state index in [1.807, 2.05) is 6.26 Å². The summed E-state index contributed by atoms with van der Waals surface area (Å²) < 4.78 is 5.06. The fraction of sp³-hybridized carbons (Fsp3) is 0.778. The number of hydrogen-bond donors (Lipinski definition) is 1. The zero-order chi connectivity index (χ0) is 11.4. The number of thioether (sulfide) groups is 1. The molecular weight excluding hydrogens is 218 g/mol. The highest BCUT2D eigenvalue weighted by Crippen LogP contribution is 2.14. The quantitative estimate of drug-likeness (QED) is 0.746. The topological polar surface area (TPSA) is 66.8 Å². The van der Waals surface area contributed by atoms with E-state index in [9.17, 15) is 9.59 Å². The van der Waals surface area contributed by atoms with Crippen LogP contribution in [0, 0.1) is 0 Å². The fourth-order valence-electron chi connectivity index (χ4n) is 1.41. The van der Waals surface area contributed by atoms with Crippen molar-refractivity contribution in [1.82, 2.24) is 4.90 Å². The van der Waals surface area contributed by atoms with E-state index in [2.05, 4.69) is 0 Å². The Bertz CT molecular complexity index is 258. The summed E-state index contributed by atoms with van der Waals surface area (Å²) in [5.74, 6) is -1.13. The number of carbonyl (C=O) groups excluding carboxylic acids is 1. The average molecular weight is 233 g/mol. The Morgan fingerprint density at radius 2 is 2.27 bits per heavy atom. The first-order valence-electron chi connectivity index (χ1n) is 4.71. The van der Waals surface area contributed by atoms with E-state index in [4.69, 9.17) is 9.84 Å². The zero-order valence-electron chi connectivity index (χ0n) is 8.80. The summed E-state index contributed by atoms with van der Waals surface area (Å²) in [4.78, 5) is 24.1. The third-order valence-corrected chi connectivity index (χ3v) is 3.31. The number of carboxylic acid groups (broad SMARTS) is 1. The molecule has 2 unspecified atom stereocenters. The molecule has 0 aromatic carbocycles. The van der Waals surface area contributed by atoms with Gasteiger partial charge in [-0.2, -0.15) is 11.8 Å². The Morgan fingerprint density at radius 3 is 2.80 bits per heavy atom. The molecule has 1 amide bonds. The van der Waals surface area contributed by atoms with Gasteiger partial charge in [0.1, 0.15) is 0 Å². The van der Waals surface area contributed by atoms with Crippen LogP contribution in [0.4, 0.5) is 0 Å². The second-order valence-corrected chi connectivity index (χ2v) is 4.52. The summed E-state index contributed by atoms with van der Waals surface area (Å²) in [5, 5.41) is 8.73. The molecule has 0 saturated carbocycles. The van der Waals surface area contributed by atoms with Crippen LogP contribution in [0.15, 0.2) is 0 Å². The zero-order valence-corrected chi connectivity index (χ0v) is 9.62. The molecule has 1 fully saturated rings. The molecule has 15 heavy (non-hydrogen) atoms. The van der Waals surface area contributed by atoms with Crippen LogP contribution in [0.3, 0.4) is 0 Å². The van der Waals surface area contributed by atoms with E-state index in [1.165, 1.54) is 16.7 Å². The van der Waals surface area contributed by atoms with Gasteiger partial charge in [0.2, 0.25) is 5.91 Å². The number of morpholine rings is 1. The predicted octanol–water partition coefficient (Wildman–Crippen LogP) is 0.0499. The van der Waals surface area contributed by atoms with Crippen molar-refractivity contribution in [3.8, 4) is 0 Å². The van der Waals surface area contributed by atoms with Gasteiger partial charge in [0.25, 0.3) is 0 Å². The van der Waals surface area contributed by atoms with Crippen molar-refractivity contribution in [2.75, 3.05) is 26.0 Å². The molecule has 86 valence electrons. The number of ether oxygens (including phenoxy) is 1. The van der Waals surface area contributed by atoms with Gasteiger partial charge in [0.15, 0.2) is 6.04 Å². The molecule has 1 N–H and O–H groups in total. The third-order valence-electron chi connectivity index (χ3n) is 2.40. The van der Waals surface area contributed by atoms with Crippen LogP contribution in [0.5, 0.6) is 0 Å². The number of rotatable bonds is 3. The van der Waals surface area contributed by atoms with Gasteiger partial charge in [-0.1, -0.05) is 0 Å². The molecule has 0 aliphatic carbocycles. The van der Waals surface area contributed by atoms with Gasteiger partial charge in [0, 0.05) is 6.54 Å². The van der Waals surface area contributed by atoms with Gasteiger partial charge in [-0.25, -0.2) is 4.79 Å². The summed E-state index contributed by atoms with van der Waals surface area (Å²) in [7, 11) is 0. The molecule has 0 radical (unpaired) electrons. The summed E-state index contributed by atoms with van der Waals surface area (Å²) >= 11 is 1.42. The first-order chi connectivity index (χ1) is 7.07. The molecule has 0 spiro atoms. The normalized spacial score (nSPS) is 23.6. The van der Waals surface area contributed by atoms with Crippen molar-refractivity contribution in [2.24, 2.45) is 0 Å². The number of hydrogen-bond acceptors (Lipinski definition) is 4. The van der Waals surface area contributed by atoms with Crippen LogP contribution in [0.1, 0.15) is 6.92 Å². The van der Waals surface area contributed by atoms with Crippen LogP contribution in [0.2, 0.25) is 0 Å². The van der Waals surface area contributed by atoms with Crippen molar-refractivity contribution < 1.29 is 19.4 Å². The number of carbonyl (C=O) groups is 2. The van der Waals surface area contributed by atoms with Crippen LogP contribution < -0.4 is 0 Å². The fourth-order valence-corrected chi connectivity index (χ4v) is 1.74. The van der Waals surface area contributed by atoms with E-state index in [0.717, 1.165) is 0 Å². The first kappa shape index (κ1) is 12.3. The van der Waals surface area contributed by atoms with Gasteiger partial charge in [-0.15, -0.1) is 0 Å². The van der Waals surface area contributed by atoms with Crippen LogP contribution in [-0.2, 0) is 14.3 Å². The Hall–Kier alpha value is -0.750. The van der Waals surface area contributed by atoms with Crippen molar-refractivity contribution in [3.63, 3.8) is 0 Å². The van der Waals surface area contributed by atoms with Crippen molar-refractivity contribution in [3.05, 3.63) is 0 Å². The summed E-state index contributed by atoms with van der Waals surface area (Å²) in [6.45, 7) is 2.64. The molecule has 1 rings (SSSR count). The standard InChI is InChI=1S/C9H15NO4S/c1-6(15-2)8(11)10-3-4-14-5-7(10)9(12)13/h6-7H,3-5H2,1-2H3,(H,12,13). The molecule has 6 heteroatoms. The molecule has 0 bridgehead atoms. The van der Waals surface area contributed by atoms with Gasteiger partial charge in [0.05, 0.1) is 18.5 Å². The second kappa shape index (κ2) is 5.37. The minimum Gasteiger partial charge on any atom is -0.480 e. The lowest BCUT2D eigenvalue weighted by molar-refractivity contribution is -0.157. The smallest absolute Gasteiger partial charge is 0.328 e. The monoisotopic (exact) mass is 233 g/mol. The van der Waals surface area contributed by atoms with Crippen molar-refractivity contribution in [2.45, 2.75) is 18.2 Å². The van der Waals surface area contributed by atoms with E-state index in [1.54, 1.807) is 6.92 Å². The second-order valence-electron chi connectivity index (χ2n) is 3.34. The molecule has 5 nitrogen and oxygen atoms in total. The lowest BCUT2D eigenvalue weighted by atomic mass is 10.2. The minimum absolute atomic E-state index is 0.0855. The summed E-state index contributed by atoms with van der Waals surface area (Å²) in [6, 6.07) is -0.833. The number of nitrogens with zero attached hydrogens (tertiary/aromatic N) is 1. The SMILES string of the molecule is CSC(C)C(=O)N1CCOCC1C(=O)O. The van der Waals surface area contributed by atoms with Crippen molar-refractivity contribution >= 4 is 23.6 Å². The highest BCUT2D eigenvalue weighted by molar-refractivity contribution is 7.99. The maximum absolute atomic E-state index is 11.8. The van der Waals surface area contributed by atoms with E-state index in [0.29, 0.717) is 13.2 Å². The summed E-state index contributed by atoms with van der Waals surface area (Å²) in [6.07, 6.45) is 1.83. The number of aliphatic carboxylic acids is 1. The van der Waals surface area contributed by atoms with Gasteiger partial charge < -0.3 is 14.7 Å². The Labute approximate surface area is 92.8 Å². The number of amides is 1. The van der Waals surface area contributed by atoms with E-state index < -0.39 is 12.0 Å². The highest BCUT2D eigenvalue weighted by atomic mass is 32.2. The summed E-state index contributed by atoms with van der Waals surface area (Å²) in [5.41, 5.74) is 0. The lowest BCUT2D eigenvalue weighted by Crippen LogP contribution is -2.54. The third kappa shape index (κ3) is 2.85. The Kier molecular flexibility index (Phi) is 4.41. The maximum Gasteiger partial charge on any atom is 0.328 e. The van der Waals surface area contributed by atoms with Crippen LogP contribution in [-0.4, -0.2) is 59.2 Å². The molecule has 1 saturated heterocycles. The molecular formula is C9H15NO4S. The molecule has 0 aromatic heterocycles. The highest BCUT2D eigenvalue weighted by Gasteiger charge is 2.34. The minimum atomic E-state index is -1.00. The Balaban J connectivity index is 2.71. The van der Waals surface area contributed by atoms with Gasteiger partial charge >= 0.3 is 5.97 Å². The molecule has 1 aliphatic heterocycles. The van der Waals surface area contributed by atoms with Gasteiger partial charge in [-0.3, -0.25) is 4.79 Å². The lowest BCUT2D eigenvalue weighted by Gasteiger charge is -2.34. The molecule has 1 aliphatic rings. The average Bonchev–Trinajstić information content (AvgIpc) is 2.27. The van der Waals surface area contributed by atoms with Crippen LogP contribution >= 0.6 is 11.8 Å². The molecule has 0 aromatic rings. The number of carboxylic acids is 1. The largest absolute Gasteiger partial charge is 0.480 e. The Morgan fingerprint density at radius 1 is 1.60 bits per heavy atom. The van der Waals surface area contributed by atoms with E-state index >= 15 is 0 Å². The van der Waals surface area contributed by atoms with Crippen LogP contribution in [0.25, 0.3) is 0 Å². The molecule has 1 heterocycles. The predicted molar refractivity (Wildman–Crippen MR) is 56.9 cm³/mol. The van der Waals surface area contributed by atoms with E-state index in [-0.39, 0.29) is 17.8 Å². The van der Waals surface area contributed by atoms with Crippen molar-refractivity contribution in [1.29, 1.82) is 0 Å².